The summed E-state index contributed by atoms with van der Waals surface area (Å²) in [5.41, 5.74) is 0.885. The van der Waals surface area contributed by atoms with Crippen molar-refractivity contribution in [2.24, 2.45) is 0 Å². The molecule has 1 aromatic heterocycles. The predicted molar refractivity (Wildman–Crippen MR) is 45.9 cm³/mol. The molecule has 0 aliphatic carbocycles. The minimum absolute atomic E-state index is 0.0695. The van der Waals surface area contributed by atoms with Gasteiger partial charge >= 0.3 is 0 Å². The summed E-state index contributed by atoms with van der Waals surface area (Å²) in [5.74, 6) is 0.574. The van der Waals surface area contributed by atoms with Gasteiger partial charge < -0.3 is 5.32 Å². The fraction of sp³-hybridized carbons (Fsp3) is 0.375. The van der Waals surface area contributed by atoms with E-state index >= 15 is 0 Å². The number of carbonyl (C=O) groups is 1. The van der Waals surface area contributed by atoms with E-state index in [0.29, 0.717) is 5.95 Å². The summed E-state index contributed by atoms with van der Waals surface area (Å²) in [4.78, 5) is 18.6. The smallest absolute Gasteiger partial charge is 0.223 e. The second kappa shape index (κ2) is 3.80. The Hall–Kier alpha value is -1.45. The van der Waals surface area contributed by atoms with Gasteiger partial charge in [-0.2, -0.15) is 0 Å². The molecule has 12 heavy (non-hydrogen) atoms. The Morgan fingerprint density at radius 3 is 3.00 bits per heavy atom. The summed E-state index contributed by atoms with van der Waals surface area (Å²) < 4.78 is 0. The molecule has 64 valence electrons. The van der Waals surface area contributed by atoms with Gasteiger partial charge in [0.2, 0.25) is 5.95 Å². The van der Waals surface area contributed by atoms with Crippen LogP contribution in [-0.2, 0) is 4.79 Å². The monoisotopic (exact) mass is 165 g/mol. The Labute approximate surface area is 71.0 Å². The molecule has 4 heteroatoms. The number of ketones is 1. The first-order chi connectivity index (χ1) is 5.68. The number of nitrogens with one attached hydrogen (secondary N) is 1. The zero-order valence-electron chi connectivity index (χ0n) is 7.16. The fourth-order valence-electron chi connectivity index (χ4n) is 0.738. The Bertz CT molecular complexity index is 285. The summed E-state index contributed by atoms with van der Waals surface area (Å²) >= 11 is 0. The van der Waals surface area contributed by atoms with Gasteiger partial charge in [0.1, 0.15) is 5.78 Å². The van der Waals surface area contributed by atoms with Gasteiger partial charge in [0.05, 0.1) is 6.54 Å². The lowest BCUT2D eigenvalue weighted by Gasteiger charge is -2.01. The number of anilines is 1. The number of rotatable bonds is 3. The second-order valence-corrected chi connectivity index (χ2v) is 2.58. The highest BCUT2D eigenvalue weighted by molar-refractivity contribution is 5.79. The van der Waals surface area contributed by atoms with Crippen LogP contribution in [-0.4, -0.2) is 22.3 Å². The number of aryl methyl sites for hydroxylation is 1. The van der Waals surface area contributed by atoms with Gasteiger partial charge in [0.25, 0.3) is 0 Å². The molecule has 1 heterocycles. The Balaban J connectivity index is 2.57. The van der Waals surface area contributed by atoms with Gasteiger partial charge in [0, 0.05) is 11.9 Å². The lowest BCUT2D eigenvalue weighted by molar-refractivity contribution is -0.115. The molecule has 0 radical (unpaired) electrons. The van der Waals surface area contributed by atoms with Crippen molar-refractivity contribution in [3.05, 3.63) is 18.0 Å². The van der Waals surface area contributed by atoms with Crippen LogP contribution in [0.2, 0.25) is 0 Å². The van der Waals surface area contributed by atoms with Gasteiger partial charge in [-0.3, -0.25) is 4.79 Å². The molecule has 0 bridgehead atoms. The van der Waals surface area contributed by atoms with E-state index in [1.165, 1.54) is 6.92 Å². The van der Waals surface area contributed by atoms with Crippen LogP contribution in [0, 0.1) is 6.92 Å². The van der Waals surface area contributed by atoms with Crippen molar-refractivity contribution in [1.29, 1.82) is 0 Å². The molecule has 0 aromatic carbocycles. The van der Waals surface area contributed by atoms with Gasteiger partial charge in [-0.1, -0.05) is 0 Å². The van der Waals surface area contributed by atoms with Crippen LogP contribution in [0.1, 0.15) is 12.6 Å². The summed E-state index contributed by atoms with van der Waals surface area (Å²) in [6.45, 7) is 3.67. The number of aromatic nitrogens is 2. The van der Waals surface area contributed by atoms with Crippen LogP contribution in [0.25, 0.3) is 0 Å². The molecule has 1 rings (SSSR count). The number of Topliss-reactive ketones (excluding diaryl/α,β-unsaturated/α-hetero) is 1. The van der Waals surface area contributed by atoms with E-state index in [-0.39, 0.29) is 12.3 Å². The molecule has 0 saturated heterocycles. The number of hydrogen-bond acceptors (Lipinski definition) is 4. The van der Waals surface area contributed by atoms with Crippen LogP contribution in [0.4, 0.5) is 5.95 Å². The van der Waals surface area contributed by atoms with Crippen LogP contribution in [0.15, 0.2) is 12.3 Å². The van der Waals surface area contributed by atoms with E-state index < -0.39 is 0 Å². The third kappa shape index (κ3) is 2.65. The summed E-state index contributed by atoms with van der Waals surface area (Å²) in [5, 5.41) is 2.81. The van der Waals surface area contributed by atoms with Gasteiger partial charge in [-0.05, 0) is 19.9 Å². The molecule has 0 atom stereocenters. The fourth-order valence-corrected chi connectivity index (χ4v) is 0.738. The molecule has 0 aliphatic heterocycles. The highest BCUT2D eigenvalue weighted by Gasteiger charge is 1.96. The number of nitrogens with zero attached hydrogens (tertiary/aromatic N) is 2. The quantitative estimate of drug-likeness (QED) is 0.719. The average molecular weight is 165 g/mol. The van der Waals surface area contributed by atoms with E-state index in [2.05, 4.69) is 15.3 Å². The molecule has 0 saturated carbocycles. The van der Waals surface area contributed by atoms with Crippen LogP contribution in [0.5, 0.6) is 0 Å². The Morgan fingerprint density at radius 2 is 2.42 bits per heavy atom. The van der Waals surface area contributed by atoms with E-state index in [1.807, 2.05) is 6.92 Å². The molecule has 1 N–H and O–H groups in total. The highest BCUT2D eigenvalue weighted by atomic mass is 16.1. The largest absolute Gasteiger partial charge is 0.347 e. The van der Waals surface area contributed by atoms with Crippen molar-refractivity contribution < 1.29 is 4.79 Å². The van der Waals surface area contributed by atoms with E-state index in [0.717, 1.165) is 5.69 Å². The summed E-state index contributed by atoms with van der Waals surface area (Å²) in [6, 6.07) is 1.80. The van der Waals surface area contributed by atoms with Crippen molar-refractivity contribution in [3.63, 3.8) is 0 Å². The lowest BCUT2D eigenvalue weighted by atomic mass is 10.4. The minimum atomic E-state index is 0.0695. The molecule has 0 amide bonds. The Morgan fingerprint density at radius 1 is 1.67 bits per heavy atom. The third-order valence-corrected chi connectivity index (χ3v) is 1.29. The molecular weight excluding hydrogens is 154 g/mol. The topological polar surface area (TPSA) is 54.9 Å². The summed E-state index contributed by atoms with van der Waals surface area (Å²) in [7, 11) is 0. The first-order valence-electron chi connectivity index (χ1n) is 3.71. The zero-order valence-corrected chi connectivity index (χ0v) is 7.16. The van der Waals surface area contributed by atoms with E-state index in [4.69, 9.17) is 0 Å². The van der Waals surface area contributed by atoms with Crippen LogP contribution < -0.4 is 5.32 Å². The molecule has 1 aromatic rings. The maximum Gasteiger partial charge on any atom is 0.223 e. The highest BCUT2D eigenvalue weighted by Crippen LogP contribution is 1.97. The van der Waals surface area contributed by atoms with Crippen molar-refractivity contribution in [3.8, 4) is 0 Å². The molecule has 4 nitrogen and oxygen atoms in total. The number of hydrogen-bond donors (Lipinski definition) is 1. The van der Waals surface area contributed by atoms with Gasteiger partial charge in [-0.15, -0.1) is 0 Å². The SMILES string of the molecule is CC(=O)CNc1nccc(C)n1. The molecule has 0 unspecified atom stereocenters. The third-order valence-electron chi connectivity index (χ3n) is 1.29. The predicted octanol–water partition coefficient (Wildman–Crippen LogP) is 0.786. The van der Waals surface area contributed by atoms with E-state index in [9.17, 15) is 4.79 Å². The molecular formula is C8H11N3O. The van der Waals surface area contributed by atoms with Crippen molar-refractivity contribution in [1.82, 2.24) is 9.97 Å². The normalized spacial score (nSPS) is 9.50. The van der Waals surface area contributed by atoms with E-state index in [1.54, 1.807) is 12.3 Å². The molecule has 0 spiro atoms. The summed E-state index contributed by atoms with van der Waals surface area (Å²) in [6.07, 6.45) is 1.66. The van der Waals surface area contributed by atoms with Gasteiger partial charge in [-0.25, -0.2) is 9.97 Å². The first kappa shape index (κ1) is 8.64. The lowest BCUT2D eigenvalue weighted by Crippen LogP contribution is -2.12. The van der Waals surface area contributed by atoms with Crippen molar-refractivity contribution in [2.75, 3.05) is 11.9 Å². The Kier molecular flexibility index (Phi) is 2.74. The zero-order chi connectivity index (χ0) is 8.97. The standard InChI is InChI=1S/C8H11N3O/c1-6-3-4-9-8(11-6)10-5-7(2)12/h3-4H,5H2,1-2H3,(H,9,10,11). The maximum absolute atomic E-state index is 10.6. The minimum Gasteiger partial charge on any atom is -0.347 e. The van der Waals surface area contributed by atoms with Crippen LogP contribution >= 0.6 is 0 Å². The van der Waals surface area contributed by atoms with Crippen molar-refractivity contribution in [2.45, 2.75) is 13.8 Å². The second-order valence-electron chi connectivity index (χ2n) is 2.58. The molecule has 0 fully saturated rings. The first-order valence-corrected chi connectivity index (χ1v) is 3.71. The van der Waals surface area contributed by atoms with Crippen molar-refractivity contribution >= 4 is 11.7 Å². The van der Waals surface area contributed by atoms with Gasteiger partial charge in [0.15, 0.2) is 0 Å². The maximum atomic E-state index is 10.6. The number of carbonyl (C=O) groups excluding carboxylic acids is 1. The average Bonchev–Trinajstić information content (AvgIpc) is 2.01. The molecule has 0 aliphatic rings. The van der Waals surface area contributed by atoms with Crippen LogP contribution in [0.3, 0.4) is 0 Å².